The Balaban J connectivity index is 2.74. The lowest BCUT2D eigenvalue weighted by atomic mass is 10.1. The third-order valence-corrected chi connectivity index (χ3v) is 2.71. The Morgan fingerprint density at radius 2 is 2.00 bits per heavy atom. The highest BCUT2D eigenvalue weighted by atomic mass is 16.5. The van der Waals surface area contributed by atoms with Crippen LogP contribution < -0.4 is 15.4 Å². The van der Waals surface area contributed by atoms with E-state index in [1.807, 2.05) is 31.2 Å². The number of ether oxygens (including phenoxy) is 1. The number of nitrogens with zero attached hydrogens (tertiary/aromatic N) is 1. The molecule has 0 saturated carbocycles. The molecule has 1 atom stereocenters. The molecule has 0 aliphatic carbocycles. The van der Waals surface area contributed by atoms with Crippen LogP contribution in [0.2, 0.25) is 0 Å². The van der Waals surface area contributed by atoms with E-state index >= 15 is 0 Å². The number of hydrogen-bond acceptors (Lipinski definition) is 3. The maximum atomic E-state index is 12.0. The minimum atomic E-state index is -0.424. The van der Waals surface area contributed by atoms with E-state index in [0.29, 0.717) is 6.42 Å². The fraction of sp³-hybridized carbons (Fsp3) is 0.462. The van der Waals surface area contributed by atoms with Gasteiger partial charge < -0.3 is 15.4 Å². The second-order valence-electron chi connectivity index (χ2n) is 3.99. The van der Waals surface area contributed by atoms with E-state index in [1.54, 1.807) is 19.1 Å². The molecule has 0 spiro atoms. The molecule has 0 unspecified atom stereocenters. The molecule has 4 heteroatoms. The van der Waals surface area contributed by atoms with Gasteiger partial charge in [-0.05, 0) is 30.7 Å². The van der Waals surface area contributed by atoms with Crippen molar-refractivity contribution >= 4 is 11.6 Å². The van der Waals surface area contributed by atoms with E-state index in [4.69, 9.17) is 10.5 Å². The molecule has 1 aromatic rings. The smallest absolute Gasteiger partial charge is 0.243 e. The van der Waals surface area contributed by atoms with Gasteiger partial charge in [0.15, 0.2) is 0 Å². The lowest BCUT2D eigenvalue weighted by Gasteiger charge is -2.21. The Kier molecular flexibility index (Phi) is 4.97. The van der Waals surface area contributed by atoms with Crippen molar-refractivity contribution in [3.8, 4) is 5.75 Å². The maximum Gasteiger partial charge on any atom is 0.243 e. The van der Waals surface area contributed by atoms with E-state index in [-0.39, 0.29) is 5.91 Å². The van der Waals surface area contributed by atoms with Gasteiger partial charge in [0, 0.05) is 12.7 Å². The van der Waals surface area contributed by atoms with Crippen LogP contribution in [0, 0.1) is 0 Å². The highest BCUT2D eigenvalue weighted by molar-refractivity contribution is 5.96. The van der Waals surface area contributed by atoms with Crippen LogP contribution in [0.1, 0.15) is 19.8 Å². The monoisotopic (exact) mass is 236 g/mol. The molecular weight excluding hydrogens is 216 g/mol. The largest absolute Gasteiger partial charge is 0.497 e. The van der Waals surface area contributed by atoms with Crippen LogP contribution in [-0.2, 0) is 4.79 Å². The van der Waals surface area contributed by atoms with Crippen LogP contribution in [0.3, 0.4) is 0 Å². The Labute approximate surface area is 102 Å². The summed E-state index contributed by atoms with van der Waals surface area (Å²) in [5.74, 6) is 0.712. The Hall–Kier alpha value is -1.55. The lowest BCUT2D eigenvalue weighted by Crippen LogP contribution is -2.41. The van der Waals surface area contributed by atoms with Crippen molar-refractivity contribution in [2.24, 2.45) is 5.73 Å². The molecule has 4 nitrogen and oxygen atoms in total. The zero-order chi connectivity index (χ0) is 12.8. The summed E-state index contributed by atoms with van der Waals surface area (Å²) in [6, 6.07) is 6.91. The van der Waals surface area contributed by atoms with Crippen LogP contribution in [0.5, 0.6) is 5.75 Å². The van der Waals surface area contributed by atoms with Crippen molar-refractivity contribution < 1.29 is 9.53 Å². The predicted octanol–water partition coefficient (Wildman–Crippen LogP) is 1.79. The van der Waals surface area contributed by atoms with E-state index in [1.165, 1.54) is 0 Å². The van der Waals surface area contributed by atoms with Gasteiger partial charge in [0.05, 0.1) is 13.2 Å². The normalized spacial score (nSPS) is 12.0. The average molecular weight is 236 g/mol. The first-order valence-corrected chi connectivity index (χ1v) is 5.77. The first-order valence-electron chi connectivity index (χ1n) is 5.77. The van der Waals surface area contributed by atoms with Gasteiger partial charge in [-0.25, -0.2) is 0 Å². The Bertz CT molecular complexity index is 362. The van der Waals surface area contributed by atoms with Gasteiger partial charge in [-0.2, -0.15) is 0 Å². The SMILES string of the molecule is CCC[C@H](N)C(=O)N(C)c1ccc(OC)cc1. The molecule has 0 fully saturated rings. The summed E-state index contributed by atoms with van der Waals surface area (Å²) < 4.78 is 5.07. The number of nitrogens with two attached hydrogens (primary N) is 1. The topological polar surface area (TPSA) is 55.6 Å². The van der Waals surface area contributed by atoms with Crippen LogP contribution >= 0.6 is 0 Å². The zero-order valence-electron chi connectivity index (χ0n) is 10.6. The second kappa shape index (κ2) is 6.25. The molecule has 0 aliphatic heterocycles. The molecule has 1 rings (SSSR count). The van der Waals surface area contributed by atoms with Crippen molar-refractivity contribution in [1.29, 1.82) is 0 Å². The number of carbonyl (C=O) groups is 1. The van der Waals surface area contributed by atoms with Gasteiger partial charge >= 0.3 is 0 Å². The second-order valence-corrected chi connectivity index (χ2v) is 3.99. The summed E-state index contributed by atoms with van der Waals surface area (Å²) in [4.78, 5) is 13.5. The third kappa shape index (κ3) is 3.46. The van der Waals surface area contributed by atoms with Crippen LogP contribution in [0.25, 0.3) is 0 Å². The minimum absolute atomic E-state index is 0.0583. The fourth-order valence-electron chi connectivity index (χ4n) is 1.62. The Morgan fingerprint density at radius 1 is 1.41 bits per heavy atom. The number of methoxy groups -OCH3 is 1. The first-order chi connectivity index (χ1) is 8.10. The van der Waals surface area contributed by atoms with Crippen LogP contribution in [0.4, 0.5) is 5.69 Å². The molecule has 0 bridgehead atoms. The van der Waals surface area contributed by atoms with Crippen molar-refractivity contribution in [3.05, 3.63) is 24.3 Å². The number of carbonyl (C=O) groups excluding carboxylic acids is 1. The fourth-order valence-corrected chi connectivity index (χ4v) is 1.62. The molecule has 2 N–H and O–H groups in total. The van der Waals surface area contributed by atoms with Gasteiger partial charge in [0.2, 0.25) is 5.91 Å². The van der Waals surface area contributed by atoms with Gasteiger partial charge in [0.1, 0.15) is 5.75 Å². The minimum Gasteiger partial charge on any atom is -0.497 e. The summed E-state index contributed by atoms with van der Waals surface area (Å²) in [5, 5.41) is 0. The molecule has 0 radical (unpaired) electrons. The summed E-state index contributed by atoms with van der Waals surface area (Å²) >= 11 is 0. The number of hydrogen-bond donors (Lipinski definition) is 1. The van der Waals surface area contributed by atoms with Crippen LogP contribution in [0.15, 0.2) is 24.3 Å². The number of likely N-dealkylation sites (N-methyl/N-ethyl adjacent to an activating group) is 1. The molecule has 1 aromatic carbocycles. The van der Waals surface area contributed by atoms with Gasteiger partial charge in [-0.1, -0.05) is 13.3 Å². The molecule has 94 valence electrons. The lowest BCUT2D eigenvalue weighted by molar-refractivity contribution is -0.119. The van der Waals surface area contributed by atoms with E-state index < -0.39 is 6.04 Å². The average Bonchev–Trinajstić information content (AvgIpc) is 2.37. The maximum absolute atomic E-state index is 12.0. The Morgan fingerprint density at radius 3 is 2.47 bits per heavy atom. The summed E-state index contributed by atoms with van der Waals surface area (Å²) in [7, 11) is 3.35. The van der Waals surface area contributed by atoms with Gasteiger partial charge in [-0.3, -0.25) is 4.79 Å². The summed E-state index contributed by atoms with van der Waals surface area (Å²) in [6.45, 7) is 2.01. The molecular formula is C13H20N2O2. The van der Waals surface area contributed by atoms with E-state index in [2.05, 4.69) is 0 Å². The number of benzene rings is 1. The third-order valence-electron chi connectivity index (χ3n) is 2.71. The molecule has 0 aromatic heterocycles. The molecule has 17 heavy (non-hydrogen) atoms. The van der Waals surface area contributed by atoms with Crippen molar-refractivity contribution in [2.75, 3.05) is 19.1 Å². The van der Waals surface area contributed by atoms with Crippen molar-refractivity contribution in [2.45, 2.75) is 25.8 Å². The predicted molar refractivity (Wildman–Crippen MR) is 69.3 cm³/mol. The number of amides is 1. The van der Waals surface area contributed by atoms with E-state index in [9.17, 15) is 4.79 Å². The molecule has 0 saturated heterocycles. The highest BCUT2D eigenvalue weighted by Crippen LogP contribution is 2.18. The molecule has 0 aliphatic rings. The summed E-state index contributed by atoms with van der Waals surface area (Å²) in [5.41, 5.74) is 6.63. The quantitative estimate of drug-likeness (QED) is 0.848. The molecule has 1 amide bonds. The van der Waals surface area contributed by atoms with Crippen LogP contribution in [-0.4, -0.2) is 26.1 Å². The van der Waals surface area contributed by atoms with Gasteiger partial charge in [0.25, 0.3) is 0 Å². The summed E-state index contributed by atoms with van der Waals surface area (Å²) in [6.07, 6.45) is 1.61. The first kappa shape index (κ1) is 13.5. The van der Waals surface area contributed by atoms with Gasteiger partial charge in [-0.15, -0.1) is 0 Å². The standard InChI is InChI=1S/C13H20N2O2/c1-4-5-12(14)13(16)15(2)10-6-8-11(17-3)9-7-10/h6-9,12H,4-5,14H2,1-3H3/t12-/m0/s1. The highest BCUT2D eigenvalue weighted by Gasteiger charge is 2.18. The van der Waals surface area contributed by atoms with E-state index in [0.717, 1.165) is 17.9 Å². The number of rotatable bonds is 5. The molecule has 0 heterocycles. The van der Waals surface area contributed by atoms with Crippen molar-refractivity contribution in [3.63, 3.8) is 0 Å². The number of anilines is 1. The van der Waals surface area contributed by atoms with Crippen molar-refractivity contribution in [1.82, 2.24) is 0 Å². The zero-order valence-corrected chi connectivity index (χ0v) is 10.6.